The Morgan fingerprint density at radius 1 is 0.591 bits per heavy atom. The SMILES string of the molecule is CC1(c2cc(C3CCCCC3)cc3c2OP(=O)(O)Oc2c(cc(C4CCCCC4)cc2C2(C)CCCCC2)C3)CCCCC1. The average Bonchev–Trinajstić information content (AvgIpc) is 3.03. The molecule has 1 N–H and O–H groups in total. The maximum Gasteiger partial charge on any atom is 0.584 e. The Bertz CT molecular complexity index is 1290. The highest BCUT2D eigenvalue weighted by molar-refractivity contribution is 7.48. The smallest absolute Gasteiger partial charge is 0.395 e. The Hall–Kier alpha value is -1.77. The summed E-state index contributed by atoms with van der Waals surface area (Å²) >= 11 is 0. The minimum atomic E-state index is -4.43. The highest BCUT2D eigenvalue weighted by atomic mass is 31.2. The summed E-state index contributed by atoms with van der Waals surface area (Å²) in [5.41, 5.74) is 7.22. The van der Waals surface area contributed by atoms with E-state index in [1.165, 1.54) is 114 Å². The Balaban J connectivity index is 1.42. The maximum atomic E-state index is 14.1. The second-order valence-corrected chi connectivity index (χ2v) is 17.2. The largest absolute Gasteiger partial charge is 0.584 e. The van der Waals surface area contributed by atoms with Gasteiger partial charge in [-0.2, -0.15) is 0 Å². The molecule has 4 fully saturated rings. The molecule has 44 heavy (non-hydrogen) atoms. The lowest BCUT2D eigenvalue weighted by molar-refractivity contribution is 0.266. The van der Waals surface area contributed by atoms with Crippen LogP contribution in [0.4, 0.5) is 0 Å². The lowest BCUT2D eigenvalue weighted by Gasteiger charge is -2.39. The van der Waals surface area contributed by atoms with Gasteiger partial charge in [-0.05, 0) is 96.3 Å². The molecule has 240 valence electrons. The molecular weight excluding hydrogens is 563 g/mol. The molecule has 4 nitrogen and oxygen atoms in total. The first-order chi connectivity index (χ1) is 21.2. The number of phosphoric acid groups is 1. The van der Waals surface area contributed by atoms with E-state index >= 15 is 0 Å². The molecule has 7 rings (SSSR count). The molecule has 4 saturated carbocycles. The lowest BCUT2D eigenvalue weighted by atomic mass is 9.68. The second-order valence-electron chi connectivity index (χ2n) is 15.9. The number of rotatable bonds is 4. The van der Waals surface area contributed by atoms with E-state index in [-0.39, 0.29) is 10.8 Å². The predicted octanol–water partition coefficient (Wildman–Crippen LogP) is 11.7. The zero-order valence-corrected chi connectivity index (χ0v) is 28.3. The lowest BCUT2D eigenvalue weighted by Crippen LogP contribution is -2.28. The van der Waals surface area contributed by atoms with Gasteiger partial charge in [0, 0.05) is 17.5 Å². The predicted molar refractivity (Wildman–Crippen MR) is 179 cm³/mol. The fourth-order valence-corrected chi connectivity index (χ4v) is 10.7. The molecule has 0 atom stereocenters. The van der Waals surface area contributed by atoms with E-state index in [1.807, 2.05) is 0 Å². The van der Waals surface area contributed by atoms with Gasteiger partial charge in [0.25, 0.3) is 0 Å². The first-order valence-electron chi connectivity index (χ1n) is 18.3. The second kappa shape index (κ2) is 12.4. The molecule has 2 aromatic rings. The third-order valence-corrected chi connectivity index (χ3v) is 13.4. The number of phosphoric ester groups is 1. The Labute approximate surface area is 266 Å². The van der Waals surface area contributed by atoms with Crippen LogP contribution in [-0.4, -0.2) is 4.89 Å². The van der Waals surface area contributed by atoms with Crippen LogP contribution < -0.4 is 9.05 Å². The van der Waals surface area contributed by atoms with Crippen LogP contribution in [0.2, 0.25) is 0 Å². The quantitative estimate of drug-likeness (QED) is 0.346. The standard InChI is InChI=1S/C39H55O4P/c1-38(19-11-5-12-20-38)34-26-30(28-15-7-3-8-16-28)23-32-25-33-24-31(29-17-9-4-10-18-29)27-35(39(2)21-13-6-14-22-39)37(33)43-44(40,41)42-36(32)34/h23-24,26-29H,3-22,25H2,1-2H3,(H,40,41). The molecule has 0 amide bonds. The molecule has 0 radical (unpaired) electrons. The number of fused-ring (bicyclic) bond motifs is 2. The molecule has 1 heterocycles. The summed E-state index contributed by atoms with van der Waals surface area (Å²) < 4.78 is 26.7. The van der Waals surface area contributed by atoms with Crippen molar-refractivity contribution < 1.29 is 18.5 Å². The van der Waals surface area contributed by atoms with Gasteiger partial charge in [-0.1, -0.05) is 115 Å². The first kappa shape index (κ1) is 30.9. The van der Waals surface area contributed by atoms with Crippen LogP contribution >= 0.6 is 7.82 Å². The summed E-state index contributed by atoms with van der Waals surface area (Å²) in [6.07, 6.45) is 25.2. The minimum Gasteiger partial charge on any atom is -0.395 e. The zero-order chi connectivity index (χ0) is 30.4. The summed E-state index contributed by atoms with van der Waals surface area (Å²) in [5, 5.41) is 0. The molecule has 0 unspecified atom stereocenters. The van der Waals surface area contributed by atoms with Crippen molar-refractivity contribution in [2.45, 2.75) is 171 Å². The van der Waals surface area contributed by atoms with Crippen LogP contribution in [0, 0.1) is 0 Å². The van der Waals surface area contributed by atoms with Crippen molar-refractivity contribution in [3.05, 3.63) is 57.6 Å². The van der Waals surface area contributed by atoms with Crippen molar-refractivity contribution in [1.82, 2.24) is 0 Å². The van der Waals surface area contributed by atoms with Crippen LogP contribution in [0.25, 0.3) is 0 Å². The topological polar surface area (TPSA) is 55.8 Å². The van der Waals surface area contributed by atoms with Crippen LogP contribution in [0.5, 0.6) is 11.5 Å². The van der Waals surface area contributed by atoms with Gasteiger partial charge < -0.3 is 9.05 Å². The van der Waals surface area contributed by atoms with Crippen LogP contribution in [0.1, 0.15) is 187 Å². The first-order valence-corrected chi connectivity index (χ1v) is 19.8. The summed E-state index contributed by atoms with van der Waals surface area (Å²) in [7, 11) is -4.43. The Morgan fingerprint density at radius 2 is 0.955 bits per heavy atom. The summed E-state index contributed by atoms with van der Waals surface area (Å²) in [6, 6.07) is 9.50. The van der Waals surface area contributed by atoms with Gasteiger partial charge in [-0.3, -0.25) is 4.89 Å². The fraction of sp³-hybridized carbons (Fsp3) is 0.692. The van der Waals surface area contributed by atoms with Gasteiger partial charge in [-0.15, -0.1) is 0 Å². The van der Waals surface area contributed by atoms with Crippen LogP contribution in [-0.2, 0) is 21.8 Å². The third-order valence-electron chi connectivity index (χ3n) is 12.5. The molecule has 5 heteroatoms. The van der Waals surface area contributed by atoms with Crippen molar-refractivity contribution >= 4 is 7.82 Å². The van der Waals surface area contributed by atoms with Crippen LogP contribution in [0.3, 0.4) is 0 Å². The van der Waals surface area contributed by atoms with E-state index in [0.717, 1.165) is 47.9 Å². The molecule has 0 bridgehead atoms. The normalized spacial score (nSPS) is 25.4. The fourth-order valence-electron chi connectivity index (χ4n) is 9.80. The molecule has 5 aliphatic rings. The van der Waals surface area contributed by atoms with E-state index in [0.29, 0.717) is 29.8 Å². The molecule has 0 spiro atoms. The van der Waals surface area contributed by atoms with Crippen molar-refractivity contribution in [1.29, 1.82) is 0 Å². The molecule has 0 aromatic heterocycles. The van der Waals surface area contributed by atoms with Gasteiger partial charge in [-0.25, -0.2) is 4.57 Å². The van der Waals surface area contributed by atoms with E-state index in [1.54, 1.807) is 0 Å². The molecule has 4 aliphatic carbocycles. The van der Waals surface area contributed by atoms with Gasteiger partial charge in [0.1, 0.15) is 11.5 Å². The number of benzene rings is 2. The van der Waals surface area contributed by atoms with Gasteiger partial charge in [0.05, 0.1) is 0 Å². The van der Waals surface area contributed by atoms with Gasteiger partial charge in [0.15, 0.2) is 0 Å². The molecule has 0 saturated heterocycles. The Kier molecular flexibility index (Phi) is 8.73. The van der Waals surface area contributed by atoms with Gasteiger partial charge >= 0.3 is 7.82 Å². The maximum absolute atomic E-state index is 14.1. The van der Waals surface area contributed by atoms with Gasteiger partial charge in [0.2, 0.25) is 0 Å². The van der Waals surface area contributed by atoms with E-state index in [2.05, 4.69) is 38.1 Å². The third kappa shape index (κ3) is 6.16. The highest BCUT2D eigenvalue weighted by Gasteiger charge is 2.41. The number of hydrogen-bond acceptors (Lipinski definition) is 3. The molecular formula is C39H55O4P. The van der Waals surface area contributed by atoms with E-state index in [9.17, 15) is 9.46 Å². The minimum absolute atomic E-state index is 0.0558. The summed E-state index contributed by atoms with van der Waals surface area (Å²) in [5.74, 6) is 2.40. The van der Waals surface area contributed by atoms with E-state index in [4.69, 9.17) is 9.05 Å². The molecule has 2 aromatic carbocycles. The van der Waals surface area contributed by atoms with E-state index < -0.39 is 7.82 Å². The zero-order valence-electron chi connectivity index (χ0n) is 27.4. The monoisotopic (exact) mass is 618 g/mol. The van der Waals surface area contributed by atoms with Crippen molar-refractivity contribution in [2.24, 2.45) is 0 Å². The van der Waals surface area contributed by atoms with Crippen LogP contribution in [0.15, 0.2) is 24.3 Å². The highest BCUT2D eigenvalue weighted by Crippen LogP contribution is 2.57. The summed E-state index contributed by atoms with van der Waals surface area (Å²) in [6.45, 7) is 4.74. The molecule has 1 aliphatic heterocycles. The average molecular weight is 619 g/mol. The summed E-state index contributed by atoms with van der Waals surface area (Å²) in [4.78, 5) is 11.5. The van der Waals surface area contributed by atoms with Crippen molar-refractivity contribution in [3.8, 4) is 11.5 Å². The number of hydrogen-bond donors (Lipinski definition) is 1. The Morgan fingerprint density at radius 3 is 1.34 bits per heavy atom. The van der Waals surface area contributed by atoms with Crippen molar-refractivity contribution in [2.75, 3.05) is 0 Å². The van der Waals surface area contributed by atoms with Crippen molar-refractivity contribution in [3.63, 3.8) is 0 Å².